The molecule has 0 bridgehead atoms. The number of ether oxygens (including phenoxy) is 1. The number of hydrogen-bond donors (Lipinski definition) is 0. The Labute approximate surface area is 178 Å². The van der Waals surface area contributed by atoms with Gasteiger partial charge in [0.05, 0.1) is 28.5 Å². The van der Waals surface area contributed by atoms with Crippen LogP contribution in [-0.2, 0) is 9.53 Å². The van der Waals surface area contributed by atoms with E-state index in [2.05, 4.69) is 4.99 Å². The third-order valence-electron chi connectivity index (χ3n) is 5.01. The van der Waals surface area contributed by atoms with Crippen molar-refractivity contribution in [2.24, 2.45) is 4.99 Å². The molecule has 2 heterocycles. The summed E-state index contributed by atoms with van der Waals surface area (Å²) >= 11 is 1.33. The SMILES string of the molecule is CCOC(=O)C1=C(C)N=c2s/c(=C/c3ccccc3)c(=O)n2C1c1ccc(C)cc1. The summed E-state index contributed by atoms with van der Waals surface area (Å²) < 4.78 is 7.50. The van der Waals surface area contributed by atoms with Crippen LogP contribution in [0.1, 0.15) is 36.6 Å². The second kappa shape index (κ2) is 8.24. The van der Waals surface area contributed by atoms with Gasteiger partial charge in [-0.25, -0.2) is 9.79 Å². The largest absolute Gasteiger partial charge is 0.463 e. The number of aromatic nitrogens is 1. The van der Waals surface area contributed by atoms with Crippen molar-refractivity contribution >= 4 is 23.4 Å². The van der Waals surface area contributed by atoms with E-state index in [4.69, 9.17) is 4.74 Å². The van der Waals surface area contributed by atoms with Gasteiger partial charge in [0.15, 0.2) is 4.80 Å². The lowest BCUT2D eigenvalue weighted by Crippen LogP contribution is -2.39. The molecule has 0 amide bonds. The molecule has 1 aromatic heterocycles. The highest BCUT2D eigenvalue weighted by molar-refractivity contribution is 7.07. The number of rotatable bonds is 4. The van der Waals surface area contributed by atoms with Crippen LogP contribution < -0.4 is 14.9 Å². The molecule has 0 saturated heterocycles. The third kappa shape index (κ3) is 3.66. The van der Waals surface area contributed by atoms with Crippen LogP contribution in [0.3, 0.4) is 0 Å². The fraction of sp³-hybridized carbons (Fsp3) is 0.208. The Bertz CT molecular complexity index is 1300. The Kier molecular flexibility index (Phi) is 5.50. The van der Waals surface area contributed by atoms with Crippen LogP contribution in [0.25, 0.3) is 6.08 Å². The Morgan fingerprint density at radius 1 is 1.13 bits per heavy atom. The average Bonchev–Trinajstić information content (AvgIpc) is 3.03. The molecule has 6 heteroatoms. The first-order chi connectivity index (χ1) is 14.5. The Morgan fingerprint density at radius 2 is 1.83 bits per heavy atom. The van der Waals surface area contributed by atoms with Crippen LogP contribution in [-0.4, -0.2) is 17.1 Å². The van der Waals surface area contributed by atoms with Crippen LogP contribution in [0.4, 0.5) is 0 Å². The summed E-state index contributed by atoms with van der Waals surface area (Å²) in [4.78, 5) is 31.4. The minimum atomic E-state index is -0.571. The van der Waals surface area contributed by atoms with Gasteiger partial charge in [0.1, 0.15) is 0 Å². The van der Waals surface area contributed by atoms with E-state index in [9.17, 15) is 9.59 Å². The number of carbonyl (C=O) groups is 1. The van der Waals surface area contributed by atoms with Gasteiger partial charge >= 0.3 is 5.97 Å². The standard InChI is InChI=1S/C24H22N2O3S/c1-4-29-23(28)20-16(3)25-24-26(21(20)18-12-10-15(2)11-13-18)22(27)19(30-24)14-17-8-6-5-7-9-17/h5-14,21H,4H2,1-3H3/b19-14+. The van der Waals surface area contributed by atoms with E-state index in [-0.39, 0.29) is 12.2 Å². The smallest absolute Gasteiger partial charge is 0.338 e. The van der Waals surface area contributed by atoms with E-state index in [1.165, 1.54) is 11.3 Å². The summed E-state index contributed by atoms with van der Waals surface area (Å²) in [5, 5.41) is 0. The van der Waals surface area contributed by atoms with Gasteiger partial charge in [0.2, 0.25) is 0 Å². The highest BCUT2D eigenvalue weighted by Gasteiger charge is 2.33. The number of aryl methyl sites for hydroxylation is 1. The van der Waals surface area contributed by atoms with E-state index in [1.54, 1.807) is 18.4 Å². The molecule has 2 aromatic carbocycles. The van der Waals surface area contributed by atoms with E-state index in [0.717, 1.165) is 16.7 Å². The highest BCUT2D eigenvalue weighted by Crippen LogP contribution is 2.30. The molecule has 0 aliphatic carbocycles. The van der Waals surface area contributed by atoms with E-state index in [1.807, 2.05) is 67.6 Å². The molecular formula is C24H22N2O3S. The van der Waals surface area contributed by atoms with E-state index in [0.29, 0.717) is 20.6 Å². The van der Waals surface area contributed by atoms with E-state index < -0.39 is 12.0 Å². The summed E-state index contributed by atoms with van der Waals surface area (Å²) in [6, 6.07) is 17.0. The molecule has 0 spiro atoms. The van der Waals surface area contributed by atoms with Crippen molar-refractivity contribution in [3.8, 4) is 0 Å². The maximum Gasteiger partial charge on any atom is 0.338 e. The molecule has 1 aliphatic heterocycles. The van der Waals surface area contributed by atoms with Crippen molar-refractivity contribution in [3.05, 3.63) is 102 Å². The summed E-state index contributed by atoms with van der Waals surface area (Å²) in [6.07, 6.45) is 1.86. The van der Waals surface area contributed by atoms with Gasteiger partial charge in [-0.3, -0.25) is 9.36 Å². The number of fused-ring (bicyclic) bond motifs is 1. The Morgan fingerprint density at radius 3 is 2.50 bits per heavy atom. The molecule has 152 valence electrons. The van der Waals surface area contributed by atoms with Crippen LogP contribution in [0, 0.1) is 6.92 Å². The number of thiazole rings is 1. The maximum absolute atomic E-state index is 13.4. The molecule has 0 saturated carbocycles. The number of hydrogen-bond acceptors (Lipinski definition) is 5. The van der Waals surface area contributed by atoms with Gasteiger partial charge in [-0.1, -0.05) is 71.5 Å². The van der Waals surface area contributed by atoms with Gasteiger partial charge in [0.25, 0.3) is 5.56 Å². The number of allylic oxidation sites excluding steroid dienone is 1. The van der Waals surface area contributed by atoms with Crippen LogP contribution >= 0.6 is 11.3 Å². The predicted molar refractivity (Wildman–Crippen MR) is 118 cm³/mol. The molecule has 0 radical (unpaired) electrons. The molecule has 1 aliphatic rings. The van der Waals surface area contributed by atoms with Gasteiger partial charge in [-0.15, -0.1) is 0 Å². The zero-order valence-corrected chi connectivity index (χ0v) is 17.9. The molecular weight excluding hydrogens is 396 g/mol. The molecule has 1 unspecified atom stereocenters. The molecule has 1 atom stereocenters. The lowest BCUT2D eigenvalue weighted by atomic mass is 9.95. The molecule has 30 heavy (non-hydrogen) atoms. The van der Waals surface area contributed by atoms with Crippen molar-refractivity contribution in [1.82, 2.24) is 4.57 Å². The van der Waals surface area contributed by atoms with Gasteiger partial charge in [-0.05, 0) is 38.0 Å². The fourth-order valence-corrected chi connectivity index (χ4v) is 4.60. The topological polar surface area (TPSA) is 60.7 Å². The Balaban J connectivity index is 1.96. The quantitative estimate of drug-likeness (QED) is 0.612. The summed E-state index contributed by atoms with van der Waals surface area (Å²) in [5.74, 6) is -0.443. The molecule has 3 aromatic rings. The number of esters is 1. The van der Waals surface area contributed by atoms with Gasteiger partial charge in [0, 0.05) is 0 Å². The lowest BCUT2D eigenvalue weighted by molar-refractivity contribution is -0.139. The van der Waals surface area contributed by atoms with Crippen LogP contribution in [0.2, 0.25) is 0 Å². The van der Waals surface area contributed by atoms with Crippen LogP contribution in [0.15, 0.2) is 75.7 Å². The minimum absolute atomic E-state index is 0.164. The minimum Gasteiger partial charge on any atom is -0.463 e. The maximum atomic E-state index is 13.4. The Hall–Kier alpha value is -3.25. The monoisotopic (exact) mass is 418 g/mol. The summed E-state index contributed by atoms with van der Waals surface area (Å²) in [5.41, 5.74) is 3.71. The average molecular weight is 419 g/mol. The lowest BCUT2D eigenvalue weighted by Gasteiger charge is -2.24. The first kappa shape index (κ1) is 20.0. The number of nitrogens with zero attached hydrogens (tertiary/aromatic N) is 2. The zero-order chi connectivity index (χ0) is 21.3. The van der Waals surface area contributed by atoms with Crippen molar-refractivity contribution in [2.75, 3.05) is 6.61 Å². The second-order valence-electron chi connectivity index (χ2n) is 7.12. The second-order valence-corrected chi connectivity index (χ2v) is 8.13. The number of benzene rings is 2. The highest BCUT2D eigenvalue weighted by atomic mass is 32.1. The van der Waals surface area contributed by atoms with E-state index >= 15 is 0 Å². The van der Waals surface area contributed by atoms with Crippen molar-refractivity contribution in [2.45, 2.75) is 26.8 Å². The molecule has 0 N–H and O–H groups in total. The van der Waals surface area contributed by atoms with Gasteiger partial charge < -0.3 is 4.74 Å². The third-order valence-corrected chi connectivity index (χ3v) is 5.99. The summed E-state index contributed by atoms with van der Waals surface area (Å²) in [7, 11) is 0. The predicted octanol–water partition coefficient (Wildman–Crippen LogP) is 3.11. The van der Waals surface area contributed by atoms with Gasteiger partial charge in [-0.2, -0.15) is 0 Å². The van der Waals surface area contributed by atoms with Crippen molar-refractivity contribution in [3.63, 3.8) is 0 Å². The fourth-order valence-electron chi connectivity index (χ4n) is 3.56. The zero-order valence-electron chi connectivity index (χ0n) is 17.1. The van der Waals surface area contributed by atoms with Crippen LogP contribution in [0.5, 0.6) is 0 Å². The first-order valence-corrected chi connectivity index (χ1v) is 10.6. The normalized spacial score (nSPS) is 16.2. The van der Waals surface area contributed by atoms with Crippen molar-refractivity contribution in [1.29, 1.82) is 0 Å². The molecule has 4 rings (SSSR count). The molecule has 5 nitrogen and oxygen atoms in total. The molecule has 0 fully saturated rings. The summed E-state index contributed by atoms with van der Waals surface area (Å²) in [6.45, 7) is 5.82. The first-order valence-electron chi connectivity index (χ1n) is 9.81. The number of carbonyl (C=O) groups excluding carboxylic acids is 1. The van der Waals surface area contributed by atoms with Crippen molar-refractivity contribution < 1.29 is 9.53 Å².